The Hall–Kier alpha value is -2.07. The summed E-state index contributed by atoms with van der Waals surface area (Å²) in [6.45, 7) is 2.17. The molecule has 0 aliphatic rings. The molecule has 0 atom stereocenters. The molecule has 0 amide bonds. The maximum Gasteiger partial charge on any atom is 0.338 e. The third-order valence-electron chi connectivity index (χ3n) is 2.86. The van der Waals surface area contributed by atoms with Gasteiger partial charge in [-0.25, -0.2) is 4.79 Å². The van der Waals surface area contributed by atoms with E-state index in [9.17, 15) is 4.79 Å². The largest absolute Gasteiger partial charge is 0.462 e. The molecule has 4 heteroatoms. The molecule has 0 spiro atoms. The average molecular weight is 299 g/mol. The second-order valence-corrected chi connectivity index (χ2v) is 5.18. The van der Waals surface area contributed by atoms with Crippen molar-refractivity contribution in [3.8, 4) is 0 Å². The number of carbonyl (C=O) groups is 1. The smallest absolute Gasteiger partial charge is 0.338 e. The van der Waals surface area contributed by atoms with Gasteiger partial charge in [0.05, 0.1) is 17.9 Å². The predicted octanol–water partition coefficient (Wildman–Crippen LogP) is 4.34. The van der Waals surface area contributed by atoms with E-state index in [-0.39, 0.29) is 5.97 Å². The van der Waals surface area contributed by atoms with Gasteiger partial charge in [0, 0.05) is 11.1 Å². The highest BCUT2D eigenvalue weighted by atomic mass is 32.2. The van der Waals surface area contributed by atoms with Crippen LogP contribution < -0.4 is 0 Å². The third-order valence-corrected chi connectivity index (χ3v) is 3.60. The first-order valence-electron chi connectivity index (χ1n) is 6.68. The normalized spacial score (nSPS) is 10.8. The number of aliphatic imine (C=N–C) groups is 1. The van der Waals surface area contributed by atoms with Crippen LogP contribution in [-0.2, 0) is 4.74 Å². The summed E-state index contributed by atoms with van der Waals surface area (Å²) in [5.74, 6) is -0.305. The van der Waals surface area contributed by atoms with E-state index in [4.69, 9.17) is 4.74 Å². The number of nitrogens with zero attached hydrogens (tertiary/aromatic N) is 1. The van der Waals surface area contributed by atoms with Gasteiger partial charge in [0.25, 0.3) is 0 Å². The molecule has 2 aromatic rings. The monoisotopic (exact) mass is 299 g/mol. The van der Waals surface area contributed by atoms with Gasteiger partial charge in [-0.05, 0) is 55.1 Å². The van der Waals surface area contributed by atoms with Crippen LogP contribution in [0.2, 0.25) is 0 Å². The second-order valence-electron chi connectivity index (χ2n) is 4.30. The molecule has 0 bridgehead atoms. The second kappa shape index (κ2) is 7.64. The molecule has 0 saturated heterocycles. The molecular weight excluding hydrogens is 282 g/mol. The van der Waals surface area contributed by atoms with Crippen molar-refractivity contribution in [2.24, 2.45) is 4.99 Å². The van der Waals surface area contributed by atoms with Crippen molar-refractivity contribution in [2.45, 2.75) is 11.8 Å². The lowest BCUT2D eigenvalue weighted by Crippen LogP contribution is -2.03. The van der Waals surface area contributed by atoms with E-state index in [1.165, 1.54) is 4.90 Å². The summed E-state index contributed by atoms with van der Waals surface area (Å²) in [5.41, 5.74) is 2.39. The van der Waals surface area contributed by atoms with Gasteiger partial charge >= 0.3 is 5.97 Å². The number of esters is 1. The molecule has 0 aliphatic carbocycles. The first kappa shape index (κ1) is 15.3. The topological polar surface area (TPSA) is 38.7 Å². The van der Waals surface area contributed by atoms with Gasteiger partial charge in [-0.3, -0.25) is 4.99 Å². The zero-order valence-electron chi connectivity index (χ0n) is 12.1. The summed E-state index contributed by atoms with van der Waals surface area (Å²) >= 11 is 1.71. The summed E-state index contributed by atoms with van der Waals surface area (Å²) < 4.78 is 4.94. The number of benzene rings is 2. The van der Waals surface area contributed by atoms with E-state index in [0.717, 1.165) is 11.3 Å². The summed E-state index contributed by atoms with van der Waals surface area (Å²) in [6, 6.07) is 15.2. The fraction of sp³-hybridized carbons (Fsp3) is 0.176. The van der Waals surface area contributed by atoms with Crippen molar-refractivity contribution in [1.82, 2.24) is 0 Å². The lowest BCUT2D eigenvalue weighted by Gasteiger charge is -2.01. The molecule has 0 aromatic heterocycles. The molecule has 0 aliphatic heterocycles. The highest BCUT2D eigenvalue weighted by molar-refractivity contribution is 7.98. The summed E-state index contributed by atoms with van der Waals surface area (Å²) in [5, 5.41) is 0. The van der Waals surface area contributed by atoms with Gasteiger partial charge in [-0.15, -0.1) is 11.8 Å². The first-order chi connectivity index (χ1) is 10.2. The minimum atomic E-state index is -0.305. The standard InChI is InChI=1S/C17H17NO2S/c1-3-20-17(19)14-6-8-15(9-7-14)18-12-13-4-10-16(21-2)11-5-13/h4-12H,3H2,1-2H3. The summed E-state index contributed by atoms with van der Waals surface area (Å²) in [6.07, 6.45) is 3.86. The molecule has 0 saturated carbocycles. The Balaban J connectivity index is 2.05. The number of hydrogen-bond donors (Lipinski definition) is 0. The zero-order valence-corrected chi connectivity index (χ0v) is 12.9. The van der Waals surface area contributed by atoms with Crippen LogP contribution in [0.5, 0.6) is 0 Å². The quantitative estimate of drug-likeness (QED) is 0.468. The Morgan fingerprint density at radius 3 is 2.38 bits per heavy atom. The van der Waals surface area contributed by atoms with Crippen molar-refractivity contribution >= 4 is 29.6 Å². The van der Waals surface area contributed by atoms with E-state index in [1.54, 1.807) is 43.0 Å². The van der Waals surface area contributed by atoms with Crippen LogP contribution in [0.3, 0.4) is 0 Å². The molecule has 2 rings (SSSR count). The van der Waals surface area contributed by atoms with E-state index in [1.807, 2.05) is 24.6 Å². The van der Waals surface area contributed by atoms with Gasteiger partial charge in [-0.2, -0.15) is 0 Å². The molecule has 0 N–H and O–H groups in total. The maximum atomic E-state index is 11.5. The van der Waals surface area contributed by atoms with Crippen molar-refractivity contribution in [2.75, 3.05) is 12.9 Å². The first-order valence-corrected chi connectivity index (χ1v) is 7.90. The zero-order chi connectivity index (χ0) is 15.1. The number of hydrogen-bond acceptors (Lipinski definition) is 4. The van der Waals surface area contributed by atoms with Crippen LogP contribution in [0.25, 0.3) is 0 Å². The SMILES string of the molecule is CCOC(=O)c1ccc(N=Cc2ccc(SC)cc2)cc1. The lowest BCUT2D eigenvalue weighted by atomic mass is 10.2. The highest BCUT2D eigenvalue weighted by Crippen LogP contribution is 2.16. The van der Waals surface area contributed by atoms with Gasteiger partial charge in [0.1, 0.15) is 0 Å². The predicted molar refractivity (Wildman–Crippen MR) is 87.9 cm³/mol. The van der Waals surface area contributed by atoms with E-state index < -0.39 is 0 Å². The van der Waals surface area contributed by atoms with Gasteiger partial charge in [0.2, 0.25) is 0 Å². The summed E-state index contributed by atoms with van der Waals surface area (Å²) in [7, 11) is 0. The molecule has 21 heavy (non-hydrogen) atoms. The molecule has 0 fully saturated rings. The fourth-order valence-corrected chi connectivity index (χ4v) is 2.15. The maximum absolute atomic E-state index is 11.5. The minimum Gasteiger partial charge on any atom is -0.462 e. The van der Waals surface area contributed by atoms with E-state index in [0.29, 0.717) is 12.2 Å². The molecule has 108 valence electrons. The number of rotatable bonds is 5. The number of thioether (sulfide) groups is 1. The Labute approximate surface area is 129 Å². The van der Waals surface area contributed by atoms with Gasteiger partial charge in [0.15, 0.2) is 0 Å². The van der Waals surface area contributed by atoms with Crippen LogP contribution in [0, 0.1) is 0 Å². The summed E-state index contributed by atoms with van der Waals surface area (Å²) in [4.78, 5) is 17.2. The molecule has 0 unspecified atom stereocenters. The Morgan fingerprint density at radius 2 is 1.81 bits per heavy atom. The van der Waals surface area contributed by atoms with Crippen LogP contribution in [-0.4, -0.2) is 25.0 Å². The van der Waals surface area contributed by atoms with Crippen molar-refractivity contribution in [3.63, 3.8) is 0 Å². The average Bonchev–Trinajstić information content (AvgIpc) is 2.54. The van der Waals surface area contributed by atoms with Crippen molar-refractivity contribution < 1.29 is 9.53 Å². The fourth-order valence-electron chi connectivity index (χ4n) is 1.74. The molecular formula is C17H17NO2S. The van der Waals surface area contributed by atoms with Crippen LogP contribution in [0.1, 0.15) is 22.8 Å². The van der Waals surface area contributed by atoms with E-state index in [2.05, 4.69) is 17.1 Å². The van der Waals surface area contributed by atoms with Crippen molar-refractivity contribution in [1.29, 1.82) is 0 Å². The minimum absolute atomic E-state index is 0.305. The Kier molecular flexibility index (Phi) is 5.58. The lowest BCUT2D eigenvalue weighted by molar-refractivity contribution is 0.0526. The third kappa shape index (κ3) is 4.46. The van der Waals surface area contributed by atoms with Gasteiger partial charge < -0.3 is 4.74 Å². The highest BCUT2D eigenvalue weighted by Gasteiger charge is 2.04. The van der Waals surface area contributed by atoms with Crippen LogP contribution >= 0.6 is 11.8 Å². The number of carbonyl (C=O) groups excluding carboxylic acids is 1. The Bertz CT molecular complexity index is 618. The van der Waals surface area contributed by atoms with E-state index >= 15 is 0 Å². The van der Waals surface area contributed by atoms with Crippen LogP contribution in [0.4, 0.5) is 5.69 Å². The number of ether oxygens (including phenoxy) is 1. The molecule has 0 radical (unpaired) electrons. The molecule has 0 heterocycles. The molecule has 3 nitrogen and oxygen atoms in total. The Morgan fingerprint density at radius 1 is 1.14 bits per heavy atom. The molecule has 2 aromatic carbocycles. The van der Waals surface area contributed by atoms with Crippen molar-refractivity contribution in [3.05, 3.63) is 59.7 Å². The van der Waals surface area contributed by atoms with Gasteiger partial charge in [-0.1, -0.05) is 12.1 Å². The van der Waals surface area contributed by atoms with Crippen LogP contribution in [0.15, 0.2) is 58.4 Å².